The van der Waals surface area contributed by atoms with Crippen LogP contribution in [0.15, 0.2) is 21.8 Å². The first-order chi connectivity index (χ1) is 16.7. The summed E-state index contributed by atoms with van der Waals surface area (Å²) in [4.78, 5) is 70.4. The largest absolute Gasteiger partial charge is 0.477 e. The number of carboxylic acid groups (broad SMARTS) is 1. The summed E-state index contributed by atoms with van der Waals surface area (Å²) in [6.45, 7) is 1.36. The monoisotopic (exact) mass is 545 g/mol. The minimum atomic E-state index is -1.34. The number of carbonyl (C=O) groups is 5. The van der Waals surface area contributed by atoms with Gasteiger partial charge in [-0.3, -0.25) is 24.1 Å². The summed E-state index contributed by atoms with van der Waals surface area (Å²) >= 11 is 7.71. The number of rotatable bonds is 10. The lowest BCUT2D eigenvalue weighted by Crippen LogP contribution is -2.71. The van der Waals surface area contributed by atoms with E-state index in [1.54, 1.807) is 6.92 Å². The number of aliphatic carboxylic acids is 1. The summed E-state index contributed by atoms with van der Waals surface area (Å²) in [5, 5.41) is 19.3. The van der Waals surface area contributed by atoms with Crippen molar-refractivity contribution in [3.63, 3.8) is 0 Å². The van der Waals surface area contributed by atoms with Crippen LogP contribution in [0.3, 0.4) is 0 Å². The van der Waals surface area contributed by atoms with Gasteiger partial charge in [-0.25, -0.2) is 9.78 Å². The molecule has 3 rings (SSSR count). The first-order valence-electron chi connectivity index (χ1n) is 10.0. The lowest BCUT2D eigenvalue weighted by atomic mass is 10.0. The van der Waals surface area contributed by atoms with Crippen molar-refractivity contribution < 1.29 is 38.7 Å². The summed E-state index contributed by atoms with van der Waals surface area (Å²) < 4.78 is 5.04. The molecule has 2 atom stereocenters. The summed E-state index contributed by atoms with van der Waals surface area (Å²) in [6, 6.07) is -1.03. The number of halogens is 1. The smallest absolute Gasteiger partial charge is 0.352 e. The van der Waals surface area contributed by atoms with Gasteiger partial charge in [-0.05, 0) is 0 Å². The summed E-state index contributed by atoms with van der Waals surface area (Å²) in [5.41, 5.74) is -0.138. The average Bonchev–Trinajstić information content (AvgIpc) is 3.30. The highest BCUT2D eigenvalue weighted by Gasteiger charge is 2.54. The number of hydrogen-bond donors (Lipinski definition) is 3. The molecule has 16 heteroatoms. The quantitative estimate of drug-likeness (QED) is 0.122. The summed E-state index contributed by atoms with van der Waals surface area (Å²) in [6.07, 6.45) is 0.132. The third-order valence-corrected chi connectivity index (χ3v) is 7.08. The number of thioether (sulfide) groups is 1. The van der Waals surface area contributed by atoms with Crippen LogP contribution < -0.4 is 10.6 Å². The van der Waals surface area contributed by atoms with Crippen molar-refractivity contribution in [2.45, 2.75) is 24.8 Å². The van der Waals surface area contributed by atoms with E-state index in [9.17, 15) is 29.1 Å². The zero-order valence-electron chi connectivity index (χ0n) is 18.4. The number of fused-ring (bicyclic) bond motifs is 1. The van der Waals surface area contributed by atoms with Crippen molar-refractivity contribution >= 4 is 75.2 Å². The molecule has 2 aliphatic rings. The van der Waals surface area contributed by atoms with E-state index in [1.807, 2.05) is 0 Å². The molecule has 0 spiro atoms. The number of thiazole rings is 1. The lowest BCUT2D eigenvalue weighted by molar-refractivity contribution is -0.150. The molecule has 188 valence electrons. The predicted octanol–water partition coefficient (Wildman–Crippen LogP) is 0.363. The van der Waals surface area contributed by atoms with Gasteiger partial charge in [-0.1, -0.05) is 12.1 Å². The Labute approximate surface area is 211 Å². The van der Waals surface area contributed by atoms with Gasteiger partial charge in [0.15, 0.2) is 10.8 Å². The van der Waals surface area contributed by atoms with Crippen LogP contribution in [0.25, 0.3) is 0 Å². The highest BCUT2D eigenvalue weighted by molar-refractivity contribution is 8.00. The van der Waals surface area contributed by atoms with Crippen LogP contribution in [-0.2, 0) is 33.5 Å². The van der Waals surface area contributed by atoms with Crippen LogP contribution in [-0.4, -0.2) is 87.1 Å². The second-order valence-electron chi connectivity index (χ2n) is 6.97. The minimum Gasteiger partial charge on any atom is -0.477 e. The van der Waals surface area contributed by atoms with Crippen molar-refractivity contribution in [3.8, 4) is 0 Å². The van der Waals surface area contributed by atoms with E-state index in [2.05, 4.69) is 20.8 Å². The molecule has 0 bridgehead atoms. The minimum absolute atomic E-state index is 0.0882. The van der Waals surface area contributed by atoms with E-state index in [0.717, 1.165) is 16.2 Å². The molecule has 2 aliphatic heterocycles. The number of ether oxygens (including phenoxy) is 1. The number of esters is 1. The molecule has 1 aromatic rings. The van der Waals surface area contributed by atoms with Crippen LogP contribution in [0.4, 0.5) is 5.13 Å². The zero-order valence-corrected chi connectivity index (χ0v) is 20.8. The molecule has 1 aromatic heterocycles. The van der Waals surface area contributed by atoms with E-state index in [4.69, 9.17) is 21.2 Å². The fraction of sp³-hybridized carbons (Fsp3) is 0.421. The predicted molar refractivity (Wildman–Crippen MR) is 126 cm³/mol. The molecule has 0 saturated carbocycles. The molecule has 3 amide bonds. The van der Waals surface area contributed by atoms with Crippen LogP contribution >= 0.6 is 34.7 Å². The number of oxime groups is 1. The van der Waals surface area contributed by atoms with E-state index in [-0.39, 0.29) is 52.5 Å². The maximum atomic E-state index is 12.9. The third-order valence-electron chi connectivity index (χ3n) is 4.74. The fourth-order valence-electron chi connectivity index (χ4n) is 3.16. The first-order valence-corrected chi connectivity index (χ1v) is 12.5. The SMILES string of the molecule is CCC(=O)OCC1=C(C(=O)O)N2C(=O)C(NC(=O)C(=NOC)c3csc(NC(=O)CCl)n3)[C@@H]2SC1. The number of carboxylic acids is 1. The topological polar surface area (TPSA) is 177 Å². The van der Waals surface area contributed by atoms with Gasteiger partial charge in [0.2, 0.25) is 5.91 Å². The Kier molecular flexibility index (Phi) is 8.69. The molecule has 3 N–H and O–H groups in total. The number of hydrogen-bond acceptors (Lipinski definition) is 11. The second-order valence-corrected chi connectivity index (χ2v) is 9.21. The molecule has 0 aromatic carbocycles. The maximum Gasteiger partial charge on any atom is 0.352 e. The fourth-order valence-corrected chi connectivity index (χ4v) is 5.27. The van der Waals surface area contributed by atoms with Crippen LogP contribution in [0, 0.1) is 0 Å². The van der Waals surface area contributed by atoms with Crippen LogP contribution in [0.1, 0.15) is 19.0 Å². The standard InChI is InChI=1S/C19H20ClN5O8S2/c1-3-11(27)33-5-8-6-34-17-13(16(29)25(17)14(8)18(30)31)23-15(28)12(24-32-2)9-7-35-19(21-9)22-10(26)4-20/h7,13,17H,3-6H2,1-2H3,(H,23,28)(H,30,31)(H,21,22,26)/t13?,17-/m0/s1. The number of amides is 3. The molecular weight excluding hydrogens is 526 g/mol. The number of alkyl halides is 1. The number of nitrogens with zero attached hydrogens (tertiary/aromatic N) is 3. The van der Waals surface area contributed by atoms with Crippen LogP contribution in [0.5, 0.6) is 0 Å². The van der Waals surface area contributed by atoms with Gasteiger partial charge < -0.3 is 25.3 Å². The highest BCUT2D eigenvalue weighted by Crippen LogP contribution is 2.40. The van der Waals surface area contributed by atoms with Crippen molar-refractivity contribution in [2.75, 3.05) is 30.7 Å². The van der Waals surface area contributed by atoms with Crippen molar-refractivity contribution in [2.24, 2.45) is 5.16 Å². The lowest BCUT2D eigenvalue weighted by Gasteiger charge is -2.49. The van der Waals surface area contributed by atoms with E-state index in [1.165, 1.54) is 24.3 Å². The van der Waals surface area contributed by atoms with E-state index < -0.39 is 41.1 Å². The molecular formula is C19H20ClN5O8S2. The Balaban J connectivity index is 1.74. The molecule has 13 nitrogen and oxygen atoms in total. The number of β-lactam (4-membered cyclic amide) rings is 1. The van der Waals surface area contributed by atoms with Crippen LogP contribution in [0.2, 0.25) is 0 Å². The number of aromatic nitrogens is 1. The van der Waals surface area contributed by atoms with Crippen molar-refractivity contribution in [3.05, 3.63) is 22.3 Å². The summed E-state index contributed by atoms with van der Waals surface area (Å²) in [7, 11) is 1.22. The maximum absolute atomic E-state index is 12.9. The Morgan fingerprint density at radius 2 is 2.11 bits per heavy atom. The van der Waals surface area contributed by atoms with Gasteiger partial charge in [-0.15, -0.1) is 34.7 Å². The molecule has 0 aliphatic carbocycles. The highest BCUT2D eigenvalue weighted by atomic mass is 35.5. The molecule has 1 unspecified atom stereocenters. The molecule has 1 fully saturated rings. The van der Waals surface area contributed by atoms with Crippen molar-refractivity contribution in [1.29, 1.82) is 0 Å². The molecule has 0 radical (unpaired) electrons. The number of carbonyl (C=O) groups excluding carboxylic acids is 4. The molecule has 1 saturated heterocycles. The van der Waals surface area contributed by atoms with Gasteiger partial charge in [0.05, 0.1) is 0 Å². The third kappa shape index (κ3) is 5.74. The molecule has 35 heavy (non-hydrogen) atoms. The van der Waals surface area contributed by atoms with Gasteiger partial charge >= 0.3 is 11.9 Å². The van der Waals surface area contributed by atoms with Crippen molar-refractivity contribution in [1.82, 2.24) is 15.2 Å². The Morgan fingerprint density at radius 3 is 2.74 bits per heavy atom. The Hall–Kier alpha value is -3.17. The molecule has 3 heterocycles. The van der Waals surface area contributed by atoms with Gasteiger partial charge in [0.1, 0.15) is 42.4 Å². The van der Waals surface area contributed by atoms with Gasteiger partial charge in [0, 0.05) is 23.1 Å². The normalized spacial score (nSPS) is 19.5. The number of nitrogens with one attached hydrogen (secondary N) is 2. The van der Waals surface area contributed by atoms with E-state index in [0.29, 0.717) is 0 Å². The summed E-state index contributed by atoms with van der Waals surface area (Å²) in [5.74, 6) is -3.83. The zero-order chi connectivity index (χ0) is 25.7. The van der Waals surface area contributed by atoms with Gasteiger partial charge in [0.25, 0.3) is 11.8 Å². The van der Waals surface area contributed by atoms with E-state index >= 15 is 0 Å². The average molecular weight is 546 g/mol. The van der Waals surface area contributed by atoms with Gasteiger partial charge in [-0.2, -0.15) is 0 Å². The number of anilines is 1. The Bertz CT molecular complexity index is 1120. The second kappa shape index (κ2) is 11.5. The first kappa shape index (κ1) is 26.4. The Morgan fingerprint density at radius 1 is 1.37 bits per heavy atom.